The number of fused-ring (bicyclic) bond motifs is 1. The molecule has 2 saturated heterocycles. The average Bonchev–Trinajstić information content (AvgIpc) is 2.29. The summed E-state index contributed by atoms with van der Waals surface area (Å²) < 4.78 is 12.0. The van der Waals surface area contributed by atoms with Crippen LogP contribution in [0.1, 0.15) is 46.5 Å². The molecule has 0 spiro atoms. The molecule has 17 heavy (non-hydrogen) atoms. The first-order valence-electron chi connectivity index (χ1n) is 6.54. The van der Waals surface area contributed by atoms with E-state index in [4.69, 9.17) is 9.47 Å². The molecule has 0 aromatic carbocycles. The van der Waals surface area contributed by atoms with E-state index in [1.165, 1.54) is 0 Å². The van der Waals surface area contributed by atoms with E-state index in [2.05, 4.69) is 13.8 Å². The first kappa shape index (κ1) is 13.3. The molecule has 4 nitrogen and oxygen atoms in total. The van der Waals surface area contributed by atoms with Gasteiger partial charge < -0.3 is 19.7 Å². The van der Waals surface area contributed by atoms with Gasteiger partial charge in [0.1, 0.15) is 5.60 Å². The second kappa shape index (κ2) is 4.50. The Kier molecular flexibility index (Phi) is 3.51. The Labute approximate surface area is 103 Å². The van der Waals surface area contributed by atoms with Gasteiger partial charge >= 0.3 is 0 Å². The summed E-state index contributed by atoms with van der Waals surface area (Å²) in [5, 5.41) is 19.3. The molecule has 0 bridgehead atoms. The molecule has 2 aliphatic rings. The van der Waals surface area contributed by atoms with Crippen molar-refractivity contribution in [1.82, 2.24) is 0 Å². The highest BCUT2D eigenvalue weighted by Gasteiger charge is 2.49. The smallest absolute Gasteiger partial charge is 0.111 e. The highest BCUT2D eigenvalue weighted by atomic mass is 16.6. The van der Waals surface area contributed by atoms with E-state index in [9.17, 15) is 10.2 Å². The van der Waals surface area contributed by atoms with Crippen LogP contribution in [-0.2, 0) is 9.47 Å². The summed E-state index contributed by atoms with van der Waals surface area (Å²) in [7, 11) is 0. The number of rotatable bonds is 2. The second-order valence-corrected chi connectivity index (χ2v) is 5.99. The Balaban J connectivity index is 2.07. The van der Waals surface area contributed by atoms with Gasteiger partial charge in [-0.25, -0.2) is 0 Å². The lowest BCUT2D eigenvalue weighted by Gasteiger charge is -2.51. The van der Waals surface area contributed by atoms with Crippen LogP contribution in [0.2, 0.25) is 0 Å². The monoisotopic (exact) mass is 244 g/mol. The molecule has 2 fully saturated rings. The molecule has 0 radical (unpaired) electrons. The summed E-state index contributed by atoms with van der Waals surface area (Å²) in [4.78, 5) is 0. The minimum atomic E-state index is -1.16. The molecule has 2 aliphatic heterocycles. The van der Waals surface area contributed by atoms with Gasteiger partial charge in [0.2, 0.25) is 0 Å². The highest BCUT2D eigenvalue weighted by molar-refractivity contribution is 4.98. The first-order valence-corrected chi connectivity index (χ1v) is 6.54. The fourth-order valence-electron chi connectivity index (χ4n) is 2.88. The van der Waals surface area contributed by atoms with E-state index in [0.717, 1.165) is 25.7 Å². The van der Waals surface area contributed by atoms with Crippen LogP contribution >= 0.6 is 0 Å². The van der Waals surface area contributed by atoms with E-state index in [-0.39, 0.29) is 24.4 Å². The fourth-order valence-corrected chi connectivity index (χ4v) is 2.88. The number of hydrogen-bond acceptors (Lipinski definition) is 4. The lowest BCUT2D eigenvalue weighted by Crippen LogP contribution is -2.59. The van der Waals surface area contributed by atoms with Crippen molar-refractivity contribution in [2.75, 3.05) is 6.61 Å². The van der Waals surface area contributed by atoms with E-state index < -0.39 is 5.60 Å². The Hall–Kier alpha value is -0.160. The predicted octanol–water partition coefficient (Wildman–Crippen LogP) is 1.23. The van der Waals surface area contributed by atoms with Crippen LogP contribution in [0, 0.1) is 0 Å². The molecule has 0 aliphatic carbocycles. The molecule has 0 aromatic rings. The highest BCUT2D eigenvalue weighted by Crippen LogP contribution is 2.41. The summed E-state index contributed by atoms with van der Waals surface area (Å²) in [6.07, 6.45) is 3.69. The van der Waals surface area contributed by atoms with Crippen LogP contribution in [-0.4, -0.2) is 46.3 Å². The van der Waals surface area contributed by atoms with Crippen molar-refractivity contribution < 1.29 is 19.7 Å². The molecule has 0 aromatic heterocycles. The van der Waals surface area contributed by atoms with Gasteiger partial charge in [-0.1, -0.05) is 0 Å². The molecular weight excluding hydrogens is 220 g/mol. The number of aliphatic hydroxyl groups excluding tert-OH is 1. The van der Waals surface area contributed by atoms with Gasteiger partial charge in [0.15, 0.2) is 0 Å². The third-order valence-corrected chi connectivity index (χ3v) is 4.24. The zero-order chi connectivity index (χ0) is 12.7. The molecule has 4 heteroatoms. The quantitative estimate of drug-likeness (QED) is 0.767. The zero-order valence-electron chi connectivity index (χ0n) is 11.0. The van der Waals surface area contributed by atoms with Crippen molar-refractivity contribution in [2.45, 2.75) is 76.0 Å². The maximum Gasteiger partial charge on any atom is 0.111 e. The Bertz CT molecular complexity index is 279. The second-order valence-electron chi connectivity index (χ2n) is 5.99. The third-order valence-electron chi connectivity index (χ3n) is 4.24. The van der Waals surface area contributed by atoms with Crippen LogP contribution in [0.4, 0.5) is 0 Å². The van der Waals surface area contributed by atoms with Crippen molar-refractivity contribution in [2.24, 2.45) is 0 Å². The molecule has 100 valence electrons. The van der Waals surface area contributed by atoms with Gasteiger partial charge in [-0.15, -0.1) is 0 Å². The van der Waals surface area contributed by atoms with Gasteiger partial charge in [-0.2, -0.15) is 0 Å². The zero-order valence-corrected chi connectivity index (χ0v) is 11.0. The van der Waals surface area contributed by atoms with Crippen molar-refractivity contribution in [3.63, 3.8) is 0 Å². The summed E-state index contributed by atoms with van der Waals surface area (Å²) in [5.74, 6) is 0. The topological polar surface area (TPSA) is 58.9 Å². The van der Waals surface area contributed by atoms with Crippen molar-refractivity contribution in [3.8, 4) is 0 Å². The van der Waals surface area contributed by atoms with E-state index >= 15 is 0 Å². The van der Waals surface area contributed by atoms with Crippen LogP contribution in [0.15, 0.2) is 0 Å². The average molecular weight is 244 g/mol. The first-order chi connectivity index (χ1) is 7.87. The summed E-state index contributed by atoms with van der Waals surface area (Å²) in [5.41, 5.74) is -1.47. The van der Waals surface area contributed by atoms with Gasteiger partial charge in [0, 0.05) is 0 Å². The summed E-state index contributed by atoms with van der Waals surface area (Å²) >= 11 is 0. The molecular formula is C13H24O4. The van der Waals surface area contributed by atoms with Gasteiger partial charge in [0.05, 0.1) is 30.5 Å². The standard InChI is InChI=1S/C13H24O4/c1-9-6-7-13(3)11(16-9)5-4-10(17-13)12(2,15)8-14/h9-11,14-15H,4-8H2,1-3H3/t9-,10+,11+,12-,13-/m0/s1. The predicted molar refractivity (Wildman–Crippen MR) is 63.8 cm³/mol. The number of ether oxygens (including phenoxy) is 2. The van der Waals surface area contributed by atoms with Crippen LogP contribution in [0.25, 0.3) is 0 Å². The normalized spacial score (nSPS) is 46.1. The van der Waals surface area contributed by atoms with Gasteiger partial charge in [0.25, 0.3) is 0 Å². The van der Waals surface area contributed by atoms with Crippen molar-refractivity contribution in [3.05, 3.63) is 0 Å². The Morgan fingerprint density at radius 1 is 1.35 bits per heavy atom. The van der Waals surface area contributed by atoms with Crippen LogP contribution in [0.3, 0.4) is 0 Å². The molecule has 0 amide bonds. The Morgan fingerprint density at radius 2 is 2.06 bits per heavy atom. The van der Waals surface area contributed by atoms with E-state index in [0.29, 0.717) is 6.10 Å². The maximum atomic E-state index is 10.1. The number of hydrogen-bond donors (Lipinski definition) is 2. The molecule has 0 saturated carbocycles. The molecule has 2 rings (SSSR count). The van der Waals surface area contributed by atoms with Gasteiger partial charge in [-0.3, -0.25) is 0 Å². The maximum absolute atomic E-state index is 10.1. The molecule has 2 heterocycles. The third kappa shape index (κ3) is 2.50. The number of aliphatic hydroxyl groups is 2. The van der Waals surface area contributed by atoms with Crippen LogP contribution in [0.5, 0.6) is 0 Å². The molecule has 2 N–H and O–H groups in total. The fraction of sp³-hybridized carbons (Fsp3) is 1.00. The van der Waals surface area contributed by atoms with Gasteiger partial charge in [-0.05, 0) is 46.5 Å². The van der Waals surface area contributed by atoms with Crippen molar-refractivity contribution in [1.29, 1.82) is 0 Å². The summed E-state index contributed by atoms with van der Waals surface area (Å²) in [6, 6.07) is 0. The largest absolute Gasteiger partial charge is 0.393 e. The van der Waals surface area contributed by atoms with E-state index in [1.807, 2.05) is 0 Å². The van der Waals surface area contributed by atoms with E-state index in [1.54, 1.807) is 6.92 Å². The lowest BCUT2D eigenvalue weighted by atomic mass is 9.80. The SMILES string of the molecule is C[C@H]1CC[C@]2(C)O[C@@H]([C@@](C)(O)CO)CC[C@H]2O1. The van der Waals surface area contributed by atoms with Crippen molar-refractivity contribution >= 4 is 0 Å². The Morgan fingerprint density at radius 3 is 2.71 bits per heavy atom. The lowest BCUT2D eigenvalue weighted by molar-refractivity contribution is -0.268. The molecule has 0 unspecified atom stereocenters. The molecule has 5 atom stereocenters. The van der Waals surface area contributed by atoms with Crippen LogP contribution < -0.4 is 0 Å². The summed E-state index contributed by atoms with van der Waals surface area (Å²) in [6.45, 7) is 5.52. The minimum Gasteiger partial charge on any atom is -0.393 e. The minimum absolute atomic E-state index is 0.122.